The highest BCUT2D eigenvalue weighted by Crippen LogP contribution is 2.34. The van der Waals surface area contributed by atoms with Crippen molar-refractivity contribution in [2.45, 2.75) is 56.4 Å². The zero-order valence-electron chi connectivity index (χ0n) is 16.9. The lowest BCUT2D eigenvalue weighted by Crippen LogP contribution is -2.47. The van der Waals surface area contributed by atoms with Crippen LogP contribution in [0.5, 0.6) is 11.5 Å². The van der Waals surface area contributed by atoms with Crippen molar-refractivity contribution in [1.29, 1.82) is 0 Å². The molecule has 2 heterocycles. The first-order chi connectivity index (χ1) is 13.9. The maximum Gasteiger partial charge on any atom is 0.243 e. The maximum absolute atomic E-state index is 13.0. The molecule has 0 spiro atoms. The summed E-state index contributed by atoms with van der Waals surface area (Å²) in [6.07, 6.45) is 5.72. The third kappa shape index (κ3) is 4.38. The van der Waals surface area contributed by atoms with Crippen LogP contribution in [0.3, 0.4) is 0 Å². The van der Waals surface area contributed by atoms with E-state index in [1.807, 2.05) is 0 Å². The molecule has 1 saturated heterocycles. The van der Waals surface area contributed by atoms with Gasteiger partial charge >= 0.3 is 0 Å². The van der Waals surface area contributed by atoms with E-state index in [2.05, 4.69) is 12.2 Å². The van der Waals surface area contributed by atoms with Crippen molar-refractivity contribution < 1.29 is 22.7 Å². The van der Waals surface area contributed by atoms with Gasteiger partial charge in [-0.3, -0.25) is 4.79 Å². The number of piperidine rings is 1. The molecule has 1 N–H and O–H groups in total. The molecule has 29 heavy (non-hydrogen) atoms. The molecule has 2 atom stereocenters. The topological polar surface area (TPSA) is 84.9 Å². The van der Waals surface area contributed by atoms with Gasteiger partial charge < -0.3 is 14.8 Å². The molecule has 0 aromatic heterocycles. The van der Waals surface area contributed by atoms with Gasteiger partial charge in [-0.15, -0.1) is 0 Å². The second-order valence-electron chi connectivity index (χ2n) is 8.36. The normalized spacial score (nSPS) is 26.1. The molecule has 8 heteroatoms. The Labute approximate surface area is 172 Å². The van der Waals surface area contributed by atoms with E-state index in [9.17, 15) is 13.2 Å². The fourth-order valence-electron chi connectivity index (χ4n) is 4.52. The molecule has 0 unspecified atom stereocenters. The van der Waals surface area contributed by atoms with Gasteiger partial charge in [-0.25, -0.2) is 8.42 Å². The van der Waals surface area contributed by atoms with Crippen LogP contribution in [0, 0.1) is 11.8 Å². The van der Waals surface area contributed by atoms with Gasteiger partial charge in [0, 0.05) is 31.1 Å². The summed E-state index contributed by atoms with van der Waals surface area (Å²) in [4.78, 5) is 12.9. The highest BCUT2D eigenvalue weighted by molar-refractivity contribution is 7.89. The second-order valence-corrected chi connectivity index (χ2v) is 10.3. The van der Waals surface area contributed by atoms with Crippen LogP contribution in [0.25, 0.3) is 0 Å². The third-order valence-corrected chi connectivity index (χ3v) is 8.31. The van der Waals surface area contributed by atoms with E-state index in [-0.39, 0.29) is 22.8 Å². The number of nitrogens with zero attached hydrogens (tertiary/aromatic N) is 1. The number of hydrogen-bond acceptors (Lipinski definition) is 5. The standard InChI is InChI=1S/C21H30N2O5S/c1-15-4-2-3-5-18(15)22-21(24)16-8-10-23(11-9-16)29(25,26)17-6-7-19-20(14-17)28-13-12-27-19/h6-7,14-16,18H,2-5,8-13H2,1H3,(H,22,24)/t15-,18-/m1/s1. The Bertz CT molecular complexity index is 849. The molecule has 4 rings (SSSR count). The highest BCUT2D eigenvalue weighted by atomic mass is 32.2. The number of rotatable bonds is 4. The van der Waals surface area contributed by atoms with Gasteiger partial charge in [-0.2, -0.15) is 4.31 Å². The van der Waals surface area contributed by atoms with Gasteiger partial charge in [-0.1, -0.05) is 19.8 Å². The first-order valence-electron chi connectivity index (χ1n) is 10.7. The molecular formula is C21H30N2O5S. The van der Waals surface area contributed by atoms with E-state index in [4.69, 9.17) is 9.47 Å². The minimum Gasteiger partial charge on any atom is -0.486 e. The molecule has 1 aliphatic carbocycles. The third-order valence-electron chi connectivity index (χ3n) is 6.42. The van der Waals surface area contributed by atoms with Crippen LogP contribution in [0.2, 0.25) is 0 Å². The molecule has 1 amide bonds. The van der Waals surface area contributed by atoms with Crippen LogP contribution in [-0.4, -0.2) is 51.0 Å². The zero-order chi connectivity index (χ0) is 20.4. The van der Waals surface area contributed by atoms with Crippen molar-refractivity contribution in [3.05, 3.63) is 18.2 Å². The molecule has 1 saturated carbocycles. The molecule has 0 bridgehead atoms. The van der Waals surface area contributed by atoms with Crippen LogP contribution in [0.15, 0.2) is 23.1 Å². The van der Waals surface area contributed by atoms with Crippen LogP contribution >= 0.6 is 0 Å². The Morgan fingerprint density at radius 2 is 1.72 bits per heavy atom. The monoisotopic (exact) mass is 422 g/mol. The molecule has 1 aromatic carbocycles. The molecule has 0 radical (unpaired) electrons. The fourth-order valence-corrected chi connectivity index (χ4v) is 6.01. The molecule has 2 fully saturated rings. The number of sulfonamides is 1. The Morgan fingerprint density at radius 1 is 1.03 bits per heavy atom. The van der Waals surface area contributed by atoms with Crippen molar-refractivity contribution in [3.8, 4) is 11.5 Å². The summed E-state index contributed by atoms with van der Waals surface area (Å²) in [5.74, 6) is 1.52. The lowest BCUT2D eigenvalue weighted by Gasteiger charge is -2.34. The number of hydrogen-bond donors (Lipinski definition) is 1. The van der Waals surface area contributed by atoms with Crippen molar-refractivity contribution in [2.75, 3.05) is 26.3 Å². The van der Waals surface area contributed by atoms with Gasteiger partial charge in [0.2, 0.25) is 15.9 Å². The number of benzene rings is 1. The van der Waals surface area contributed by atoms with Crippen molar-refractivity contribution >= 4 is 15.9 Å². The van der Waals surface area contributed by atoms with Crippen LogP contribution in [-0.2, 0) is 14.8 Å². The smallest absolute Gasteiger partial charge is 0.243 e. The van der Waals surface area contributed by atoms with Crippen LogP contribution in [0.4, 0.5) is 0 Å². The summed E-state index contributed by atoms with van der Waals surface area (Å²) in [5, 5.41) is 3.22. The number of carbonyl (C=O) groups excluding carboxylic acids is 1. The minimum atomic E-state index is -3.61. The Balaban J connectivity index is 1.36. The molecular weight excluding hydrogens is 392 g/mol. The van der Waals surface area contributed by atoms with E-state index < -0.39 is 10.0 Å². The van der Waals surface area contributed by atoms with E-state index in [1.165, 1.54) is 23.2 Å². The quantitative estimate of drug-likeness (QED) is 0.806. The van der Waals surface area contributed by atoms with E-state index in [0.29, 0.717) is 56.6 Å². The second kappa shape index (κ2) is 8.52. The number of amides is 1. The first-order valence-corrected chi connectivity index (χ1v) is 12.1. The molecule has 160 valence electrons. The fraction of sp³-hybridized carbons (Fsp3) is 0.667. The Morgan fingerprint density at radius 3 is 2.45 bits per heavy atom. The molecule has 2 aliphatic heterocycles. The van der Waals surface area contributed by atoms with E-state index in [1.54, 1.807) is 12.1 Å². The van der Waals surface area contributed by atoms with Crippen molar-refractivity contribution in [1.82, 2.24) is 9.62 Å². The average Bonchev–Trinajstić information content (AvgIpc) is 2.75. The SMILES string of the molecule is C[C@@H]1CCCC[C@H]1NC(=O)C1CCN(S(=O)(=O)c2ccc3c(c2)OCCO3)CC1. The highest BCUT2D eigenvalue weighted by Gasteiger charge is 2.34. The van der Waals surface area contributed by atoms with E-state index >= 15 is 0 Å². The minimum absolute atomic E-state index is 0.0835. The summed E-state index contributed by atoms with van der Waals surface area (Å²) in [6, 6.07) is 5.00. The average molecular weight is 423 g/mol. The van der Waals surface area contributed by atoms with Gasteiger partial charge in [-0.05, 0) is 43.7 Å². The van der Waals surface area contributed by atoms with Crippen LogP contribution < -0.4 is 14.8 Å². The van der Waals surface area contributed by atoms with Crippen molar-refractivity contribution in [3.63, 3.8) is 0 Å². The molecule has 1 aromatic rings. The lowest BCUT2D eigenvalue weighted by molar-refractivity contribution is -0.127. The summed E-state index contributed by atoms with van der Waals surface area (Å²) >= 11 is 0. The summed E-state index contributed by atoms with van der Waals surface area (Å²) in [5.41, 5.74) is 0. The van der Waals surface area contributed by atoms with Gasteiger partial charge in [0.1, 0.15) is 13.2 Å². The Hall–Kier alpha value is -1.80. The predicted octanol–water partition coefficient (Wildman–Crippen LogP) is 2.55. The molecule has 7 nitrogen and oxygen atoms in total. The lowest BCUT2D eigenvalue weighted by atomic mass is 9.85. The van der Waals surface area contributed by atoms with Crippen LogP contribution in [0.1, 0.15) is 45.4 Å². The molecule has 3 aliphatic rings. The number of carbonyl (C=O) groups is 1. The maximum atomic E-state index is 13.0. The van der Waals surface area contributed by atoms with Gasteiger partial charge in [0.05, 0.1) is 4.90 Å². The number of fused-ring (bicyclic) bond motifs is 1. The summed E-state index contributed by atoms with van der Waals surface area (Å²) in [7, 11) is -3.61. The zero-order valence-corrected chi connectivity index (χ0v) is 17.7. The van der Waals surface area contributed by atoms with E-state index in [0.717, 1.165) is 12.8 Å². The number of ether oxygens (including phenoxy) is 2. The number of nitrogens with one attached hydrogen (secondary N) is 1. The first kappa shape index (κ1) is 20.5. The predicted molar refractivity (Wildman–Crippen MR) is 108 cm³/mol. The van der Waals surface area contributed by atoms with Gasteiger partial charge in [0.25, 0.3) is 0 Å². The summed E-state index contributed by atoms with van der Waals surface area (Å²) < 4.78 is 38.5. The summed E-state index contributed by atoms with van der Waals surface area (Å²) in [6.45, 7) is 3.79. The van der Waals surface area contributed by atoms with Crippen molar-refractivity contribution in [2.24, 2.45) is 11.8 Å². The Kier molecular flexibility index (Phi) is 6.01. The largest absolute Gasteiger partial charge is 0.486 e. The van der Waals surface area contributed by atoms with Gasteiger partial charge in [0.15, 0.2) is 11.5 Å².